The summed E-state index contributed by atoms with van der Waals surface area (Å²) >= 11 is 0. The fraction of sp³-hybridized carbons (Fsp3) is 1.00. The van der Waals surface area contributed by atoms with Crippen molar-refractivity contribution in [1.82, 2.24) is 9.80 Å². The van der Waals surface area contributed by atoms with E-state index in [0.29, 0.717) is 12.6 Å². The van der Waals surface area contributed by atoms with Crippen molar-refractivity contribution in [2.24, 2.45) is 0 Å². The minimum atomic E-state index is 0.292. The lowest BCUT2D eigenvalue weighted by molar-refractivity contribution is 0.0598. The van der Waals surface area contributed by atoms with E-state index in [1.54, 1.807) is 7.11 Å². The number of rotatable bonds is 7. The first-order chi connectivity index (χ1) is 7.81. The van der Waals surface area contributed by atoms with Crippen molar-refractivity contribution in [2.45, 2.75) is 25.8 Å². The Labute approximate surface area is 99.2 Å². The summed E-state index contributed by atoms with van der Waals surface area (Å²) in [7, 11) is 1.75. The van der Waals surface area contributed by atoms with Crippen LogP contribution in [0.15, 0.2) is 0 Å². The molecule has 0 aromatic heterocycles. The Morgan fingerprint density at radius 2 is 1.94 bits per heavy atom. The van der Waals surface area contributed by atoms with E-state index in [2.05, 4.69) is 16.7 Å². The van der Waals surface area contributed by atoms with Crippen LogP contribution in [0, 0.1) is 0 Å². The lowest BCUT2D eigenvalue weighted by Gasteiger charge is -2.38. The van der Waals surface area contributed by atoms with Crippen LogP contribution in [0.2, 0.25) is 0 Å². The van der Waals surface area contributed by atoms with Crippen molar-refractivity contribution in [3.8, 4) is 0 Å². The summed E-state index contributed by atoms with van der Waals surface area (Å²) < 4.78 is 5.06. The molecular formula is C12H26N2O2. The fourth-order valence-corrected chi connectivity index (χ4v) is 2.29. The van der Waals surface area contributed by atoms with Crippen molar-refractivity contribution in [2.75, 3.05) is 53.0 Å². The number of aliphatic hydroxyl groups excluding tert-OH is 1. The molecule has 1 aliphatic heterocycles. The van der Waals surface area contributed by atoms with Crippen LogP contribution in [0.3, 0.4) is 0 Å². The van der Waals surface area contributed by atoms with Gasteiger partial charge in [-0.1, -0.05) is 6.92 Å². The van der Waals surface area contributed by atoms with E-state index in [-0.39, 0.29) is 0 Å². The maximum atomic E-state index is 9.25. The molecule has 4 nitrogen and oxygen atoms in total. The minimum Gasteiger partial charge on any atom is -0.395 e. The summed E-state index contributed by atoms with van der Waals surface area (Å²) in [5, 5.41) is 9.25. The highest BCUT2D eigenvalue weighted by Crippen LogP contribution is 2.09. The van der Waals surface area contributed by atoms with Gasteiger partial charge in [-0.25, -0.2) is 0 Å². The molecule has 0 saturated carbocycles. The highest BCUT2D eigenvalue weighted by Gasteiger charge is 2.21. The Balaban J connectivity index is 2.17. The molecule has 0 aromatic rings. The third-order valence-corrected chi connectivity index (χ3v) is 3.43. The first-order valence-corrected chi connectivity index (χ1v) is 6.38. The zero-order chi connectivity index (χ0) is 11.8. The molecule has 0 radical (unpaired) electrons. The molecule has 0 spiro atoms. The van der Waals surface area contributed by atoms with Crippen LogP contribution in [0.5, 0.6) is 0 Å². The maximum absolute atomic E-state index is 9.25. The average molecular weight is 230 g/mol. The maximum Gasteiger partial charge on any atom is 0.0586 e. The molecule has 0 amide bonds. The lowest BCUT2D eigenvalue weighted by atomic mass is 10.1. The van der Waals surface area contributed by atoms with Crippen molar-refractivity contribution in [3.63, 3.8) is 0 Å². The second kappa shape index (κ2) is 8.01. The van der Waals surface area contributed by atoms with Gasteiger partial charge < -0.3 is 14.7 Å². The molecule has 1 atom stereocenters. The summed E-state index contributed by atoms with van der Waals surface area (Å²) in [4.78, 5) is 4.90. The van der Waals surface area contributed by atoms with Crippen LogP contribution < -0.4 is 0 Å². The first-order valence-electron chi connectivity index (χ1n) is 6.38. The Morgan fingerprint density at radius 1 is 1.25 bits per heavy atom. The number of piperazine rings is 1. The molecule has 1 fully saturated rings. The number of methoxy groups -OCH3 is 1. The normalized spacial score (nSPS) is 21.2. The van der Waals surface area contributed by atoms with E-state index in [1.165, 1.54) is 0 Å². The van der Waals surface area contributed by atoms with Gasteiger partial charge >= 0.3 is 0 Å². The molecule has 1 heterocycles. The van der Waals surface area contributed by atoms with Crippen LogP contribution in [-0.4, -0.2) is 74.0 Å². The molecule has 0 aromatic carbocycles. The second-order valence-corrected chi connectivity index (χ2v) is 4.47. The highest BCUT2D eigenvalue weighted by atomic mass is 16.5. The van der Waals surface area contributed by atoms with Gasteiger partial charge in [0.15, 0.2) is 0 Å². The minimum absolute atomic E-state index is 0.292. The number of nitrogens with zero attached hydrogens (tertiary/aromatic N) is 2. The molecule has 0 aliphatic carbocycles. The summed E-state index contributed by atoms with van der Waals surface area (Å²) in [6.45, 7) is 8.86. The Bertz CT molecular complexity index is 166. The largest absolute Gasteiger partial charge is 0.395 e. The quantitative estimate of drug-likeness (QED) is 0.643. The SMILES string of the molecule is CCC(CO)N1CCN(CCCOC)CC1. The monoisotopic (exact) mass is 230 g/mol. The summed E-state index contributed by atoms with van der Waals surface area (Å²) in [5.74, 6) is 0. The van der Waals surface area contributed by atoms with Gasteiger partial charge in [0.25, 0.3) is 0 Å². The first kappa shape index (κ1) is 13.9. The molecule has 1 aliphatic rings. The van der Waals surface area contributed by atoms with Crippen LogP contribution in [0.1, 0.15) is 19.8 Å². The molecule has 16 heavy (non-hydrogen) atoms. The standard InChI is InChI=1S/C12H26N2O2/c1-3-12(11-15)14-8-6-13(7-9-14)5-4-10-16-2/h12,15H,3-11H2,1-2H3. The number of ether oxygens (including phenoxy) is 1. The van der Waals surface area contributed by atoms with Crippen molar-refractivity contribution >= 4 is 0 Å². The van der Waals surface area contributed by atoms with Crippen LogP contribution in [0.4, 0.5) is 0 Å². The fourth-order valence-electron chi connectivity index (χ4n) is 2.29. The average Bonchev–Trinajstić information content (AvgIpc) is 2.33. The van der Waals surface area contributed by atoms with Gasteiger partial charge in [-0.3, -0.25) is 4.90 Å². The van der Waals surface area contributed by atoms with Crippen molar-refractivity contribution < 1.29 is 9.84 Å². The molecule has 0 bridgehead atoms. The summed E-state index contributed by atoms with van der Waals surface area (Å²) in [6, 6.07) is 0.362. The Morgan fingerprint density at radius 3 is 2.44 bits per heavy atom. The van der Waals surface area contributed by atoms with Crippen LogP contribution in [0.25, 0.3) is 0 Å². The van der Waals surface area contributed by atoms with Gasteiger partial charge in [-0.05, 0) is 12.8 Å². The Hall–Kier alpha value is -0.160. The number of hydrogen-bond acceptors (Lipinski definition) is 4. The van der Waals surface area contributed by atoms with Crippen molar-refractivity contribution in [1.29, 1.82) is 0 Å². The van der Waals surface area contributed by atoms with Crippen molar-refractivity contribution in [3.05, 3.63) is 0 Å². The van der Waals surface area contributed by atoms with E-state index in [0.717, 1.165) is 52.2 Å². The number of aliphatic hydroxyl groups is 1. The molecule has 1 unspecified atom stereocenters. The smallest absolute Gasteiger partial charge is 0.0586 e. The van der Waals surface area contributed by atoms with Gasteiger partial charge in [0.2, 0.25) is 0 Å². The summed E-state index contributed by atoms with van der Waals surface area (Å²) in [5.41, 5.74) is 0. The van der Waals surface area contributed by atoms with Gasteiger partial charge in [0, 0.05) is 52.5 Å². The lowest BCUT2D eigenvalue weighted by Crippen LogP contribution is -2.51. The van der Waals surface area contributed by atoms with Gasteiger partial charge in [-0.2, -0.15) is 0 Å². The third-order valence-electron chi connectivity index (χ3n) is 3.43. The van der Waals surface area contributed by atoms with E-state index in [9.17, 15) is 5.11 Å². The predicted molar refractivity (Wildman–Crippen MR) is 65.7 cm³/mol. The molecule has 4 heteroatoms. The Kier molecular flexibility index (Phi) is 6.96. The molecular weight excluding hydrogens is 204 g/mol. The zero-order valence-corrected chi connectivity index (χ0v) is 10.7. The van der Waals surface area contributed by atoms with Gasteiger partial charge in [0.05, 0.1) is 6.61 Å². The predicted octanol–water partition coefficient (Wildman–Crippen LogP) is 0.411. The van der Waals surface area contributed by atoms with E-state index in [4.69, 9.17) is 4.74 Å². The summed E-state index contributed by atoms with van der Waals surface area (Å²) in [6.07, 6.45) is 2.16. The van der Waals surface area contributed by atoms with Gasteiger partial charge in [0.1, 0.15) is 0 Å². The zero-order valence-electron chi connectivity index (χ0n) is 10.7. The van der Waals surface area contributed by atoms with Crippen LogP contribution >= 0.6 is 0 Å². The molecule has 1 N–H and O–H groups in total. The van der Waals surface area contributed by atoms with Gasteiger partial charge in [-0.15, -0.1) is 0 Å². The topological polar surface area (TPSA) is 35.9 Å². The molecule has 96 valence electrons. The molecule has 1 rings (SSSR count). The highest BCUT2D eigenvalue weighted by molar-refractivity contribution is 4.77. The second-order valence-electron chi connectivity index (χ2n) is 4.47. The van der Waals surface area contributed by atoms with E-state index in [1.807, 2.05) is 0 Å². The van der Waals surface area contributed by atoms with Crippen LogP contribution in [-0.2, 0) is 4.74 Å². The molecule has 1 saturated heterocycles. The van der Waals surface area contributed by atoms with E-state index < -0.39 is 0 Å². The van der Waals surface area contributed by atoms with E-state index >= 15 is 0 Å². The number of hydrogen-bond donors (Lipinski definition) is 1. The third kappa shape index (κ3) is 4.37.